The average Bonchev–Trinajstić information content (AvgIpc) is 3.10. The van der Waals surface area contributed by atoms with Crippen LogP contribution < -0.4 is 10.1 Å². The molecule has 0 saturated carbocycles. The number of hydrogen-bond donors (Lipinski definition) is 1. The maximum absolute atomic E-state index is 12.3. The molecule has 0 aliphatic carbocycles. The molecule has 1 fully saturated rings. The molecule has 1 saturated heterocycles. The number of carbonyl (C=O) groups is 1. The quantitative estimate of drug-likeness (QED) is 0.420. The summed E-state index contributed by atoms with van der Waals surface area (Å²) in [7, 11) is 0. The van der Waals surface area contributed by atoms with E-state index in [1.165, 1.54) is 17.3 Å². The van der Waals surface area contributed by atoms with Gasteiger partial charge in [0, 0.05) is 0 Å². The third-order valence-electron chi connectivity index (χ3n) is 4.51. The van der Waals surface area contributed by atoms with Crippen LogP contribution in [0.3, 0.4) is 0 Å². The molecule has 1 amide bonds. The van der Waals surface area contributed by atoms with Crippen LogP contribution in [0.4, 0.5) is 5.69 Å². The number of nitrogens with one attached hydrogen (secondary N) is 1. The second kappa shape index (κ2) is 9.60. The van der Waals surface area contributed by atoms with Gasteiger partial charge in [0.25, 0.3) is 5.91 Å². The lowest BCUT2D eigenvalue weighted by Crippen LogP contribution is -2.19. The van der Waals surface area contributed by atoms with E-state index in [2.05, 4.69) is 41.5 Å². The summed E-state index contributed by atoms with van der Waals surface area (Å²) >= 11 is 13.4. The van der Waals surface area contributed by atoms with Crippen molar-refractivity contribution in [3.8, 4) is 5.75 Å². The summed E-state index contributed by atoms with van der Waals surface area (Å²) in [6.07, 6.45) is 1.81. The second-order valence-corrected chi connectivity index (χ2v) is 8.71. The summed E-state index contributed by atoms with van der Waals surface area (Å²) in [6, 6.07) is 21.0. The number of ether oxygens (including phenoxy) is 1. The molecule has 3 aromatic rings. The summed E-state index contributed by atoms with van der Waals surface area (Å²) in [5.74, 6) is 0.561. The molecule has 156 valence electrons. The molecule has 1 heterocycles. The maximum Gasteiger partial charge on any atom is 0.264 e. The van der Waals surface area contributed by atoms with Gasteiger partial charge in [-0.25, -0.2) is 4.99 Å². The third kappa shape index (κ3) is 5.50. The van der Waals surface area contributed by atoms with Gasteiger partial charge in [0.1, 0.15) is 12.4 Å². The molecule has 4 nitrogen and oxygen atoms in total. The molecule has 1 aliphatic rings. The molecule has 0 radical (unpaired) electrons. The molecule has 0 bridgehead atoms. The zero-order valence-corrected chi connectivity index (χ0v) is 18.9. The van der Waals surface area contributed by atoms with Gasteiger partial charge in [-0.1, -0.05) is 71.2 Å². The first kappa shape index (κ1) is 21.5. The van der Waals surface area contributed by atoms with Crippen LogP contribution in [-0.4, -0.2) is 11.1 Å². The van der Waals surface area contributed by atoms with Crippen molar-refractivity contribution < 1.29 is 9.53 Å². The second-order valence-electron chi connectivity index (χ2n) is 6.90. The Morgan fingerprint density at radius 2 is 1.77 bits per heavy atom. The first-order chi connectivity index (χ1) is 15.0. The Morgan fingerprint density at radius 3 is 2.52 bits per heavy atom. The number of nitrogens with zero attached hydrogens (tertiary/aromatic N) is 1. The van der Waals surface area contributed by atoms with E-state index in [1.807, 2.05) is 30.3 Å². The van der Waals surface area contributed by atoms with Crippen LogP contribution in [0.15, 0.2) is 76.6 Å². The predicted molar refractivity (Wildman–Crippen MR) is 129 cm³/mol. The van der Waals surface area contributed by atoms with E-state index in [0.717, 1.165) is 16.9 Å². The zero-order chi connectivity index (χ0) is 21.8. The van der Waals surface area contributed by atoms with Crippen LogP contribution in [0.2, 0.25) is 10.0 Å². The SMILES string of the molecule is Cc1ccc(COc2ccc(C=C3SC(=Nc4cccc(Cl)c4Cl)NC3=O)cc2)cc1. The largest absolute Gasteiger partial charge is 0.489 e. The molecule has 0 spiro atoms. The standard InChI is InChI=1S/C24H18Cl2N2O2S/c1-15-5-7-17(8-6-15)14-30-18-11-9-16(10-12-18)13-21-23(29)28-24(31-21)27-20-4-2-3-19(25)22(20)26/h2-13H,14H2,1H3,(H,27,28,29). The van der Waals surface area contributed by atoms with E-state index < -0.39 is 0 Å². The summed E-state index contributed by atoms with van der Waals surface area (Å²) < 4.78 is 5.83. The van der Waals surface area contributed by atoms with Crippen molar-refractivity contribution in [3.63, 3.8) is 0 Å². The van der Waals surface area contributed by atoms with Crippen molar-refractivity contribution in [1.29, 1.82) is 0 Å². The lowest BCUT2D eigenvalue weighted by atomic mass is 10.1. The minimum Gasteiger partial charge on any atom is -0.489 e. The molecule has 0 aromatic heterocycles. The fourth-order valence-corrected chi connectivity index (χ4v) is 4.00. The normalized spacial score (nSPS) is 16.0. The Hall–Kier alpha value is -2.73. The van der Waals surface area contributed by atoms with Crippen LogP contribution >= 0.6 is 35.0 Å². The van der Waals surface area contributed by atoms with Gasteiger partial charge < -0.3 is 10.1 Å². The van der Waals surface area contributed by atoms with Crippen molar-refractivity contribution in [3.05, 3.63) is 98.4 Å². The summed E-state index contributed by atoms with van der Waals surface area (Å²) in [5.41, 5.74) is 3.73. The molecular weight excluding hydrogens is 451 g/mol. The average molecular weight is 469 g/mol. The first-order valence-corrected chi connectivity index (χ1v) is 11.1. The van der Waals surface area contributed by atoms with E-state index >= 15 is 0 Å². The number of amides is 1. The third-order valence-corrected chi connectivity index (χ3v) is 6.23. The Kier molecular flexibility index (Phi) is 6.66. The number of halogens is 2. The van der Waals surface area contributed by atoms with Gasteiger partial charge >= 0.3 is 0 Å². The number of benzene rings is 3. The molecular formula is C24H18Cl2N2O2S. The lowest BCUT2D eigenvalue weighted by molar-refractivity contribution is -0.115. The molecule has 7 heteroatoms. The first-order valence-electron chi connectivity index (χ1n) is 9.50. The fraction of sp³-hybridized carbons (Fsp3) is 0.0833. The van der Waals surface area contributed by atoms with Gasteiger partial charge in [-0.3, -0.25) is 4.79 Å². The van der Waals surface area contributed by atoms with E-state index in [4.69, 9.17) is 27.9 Å². The number of aliphatic imine (C=N–C) groups is 1. The number of thioether (sulfide) groups is 1. The lowest BCUT2D eigenvalue weighted by Gasteiger charge is -2.07. The molecule has 1 aliphatic heterocycles. The van der Waals surface area contributed by atoms with Gasteiger partial charge in [-0.2, -0.15) is 0 Å². The molecule has 4 rings (SSSR count). The Bertz CT molecular complexity index is 1170. The van der Waals surface area contributed by atoms with E-state index in [1.54, 1.807) is 18.2 Å². The highest BCUT2D eigenvalue weighted by atomic mass is 35.5. The van der Waals surface area contributed by atoms with Crippen molar-refractivity contribution in [1.82, 2.24) is 5.32 Å². The van der Waals surface area contributed by atoms with Crippen molar-refractivity contribution in [2.45, 2.75) is 13.5 Å². The predicted octanol–water partition coefficient (Wildman–Crippen LogP) is 6.77. The highest BCUT2D eigenvalue weighted by Gasteiger charge is 2.24. The van der Waals surface area contributed by atoms with Gasteiger partial charge in [-0.15, -0.1) is 0 Å². The fourth-order valence-electron chi connectivity index (χ4n) is 2.83. The number of rotatable bonds is 5. The highest BCUT2D eigenvalue weighted by Crippen LogP contribution is 2.34. The number of aryl methyl sites for hydroxylation is 1. The van der Waals surface area contributed by atoms with Gasteiger partial charge in [-0.05, 0) is 60.2 Å². The summed E-state index contributed by atoms with van der Waals surface area (Å²) in [5, 5.41) is 3.98. The van der Waals surface area contributed by atoms with Gasteiger partial charge in [0.2, 0.25) is 0 Å². The van der Waals surface area contributed by atoms with Crippen LogP contribution in [-0.2, 0) is 11.4 Å². The molecule has 1 N–H and O–H groups in total. The molecule has 3 aromatic carbocycles. The van der Waals surface area contributed by atoms with Crippen molar-refractivity contribution in [2.24, 2.45) is 4.99 Å². The van der Waals surface area contributed by atoms with Crippen LogP contribution in [0.25, 0.3) is 6.08 Å². The Morgan fingerprint density at radius 1 is 1.03 bits per heavy atom. The maximum atomic E-state index is 12.3. The Balaban J connectivity index is 1.42. The highest BCUT2D eigenvalue weighted by molar-refractivity contribution is 8.18. The van der Waals surface area contributed by atoms with Crippen LogP contribution in [0, 0.1) is 6.92 Å². The minimum absolute atomic E-state index is 0.207. The van der Waals surface area contributed by atoms with E-state index in [0.29, 0.717) is 32.4 Å². The van der Waals surface area contributed by atoms with Crippen molar-refractivity contribution >= 4 is 57.8 Å². The smallest absolute Gasteiger partial charge is 0.264 e. The molecule has 31 heavy (non-hydrogen) atoms. The van der Waals surface area contributed by atoms with Crippen LogP contribution in [0.5, 0.6) is 5.75 Å². The zero-order valence-electron chi connectivity index (χ0n) is 16.6. The monoisotopic (exact) mass is 468 g/mol. The minimum atomic E-state index is -0.207. The van der Waals surface area contributed by atoms with E-state index in [9.17, 15) is 4.79 Å². The molecule has 0 atom stereocenters. The van der Waals surface area contributed by atoms with Gasteiger partial charge in [0.05, 0.1) is 20.6 Å². The summed E-state index contributed by atoms with van der Waals surface area (Å²) in [6.45, 7) is 2.56. The van der Waals surface area contributed by atoms with Crippen LogP contribution in [0.1, 0.15) is 16.7 Å². The number of hydrogen-bond acceptors (Lipinski definition) is 4. The van der Waals surface area contributed by atoms with Crippen molar-refractivity contribution in [2.75, 3.05) is 0 Å². The topological polar surface area (TPSA) is 50.7 Å². The number of carbonyl (C=O) groups excluding carboxylic acids is 1. The summed E-state index contributed by atoms with van der Waals surface area (Å²) in [4.78, 5) is 17.3. The Labute approximate surface area is 194 Å². The number of amidine groups is 1. The van der Waals surface area contributed by atoms with Gasteiger partial charge in [0.15, 0.2) is 5.17 Å². The molecule has 0 unspecified atom stereocenters. The van der Waals surface area contributed by atoms with E-state index in [-0.39, 0.29) is 5.91 Å².